The van der Waals surface area contributed by atoms with Crippen LogP contribution in [0.5, 0.6) is 0 Å². The van der Waals surface area contributed by atoms with Gasteiger partial charge < -0.3 is 0 Å². The molecule has 7 heteroatoms. The first-order chi connectivity index (χ1) is 26.7. The van der Waals surface area contributed by atoms with Crippen LogP contribution in [0.15, 0.2) is 176 Å². The van der Waals surface area contributed by atoms with Gasteiger partial charge in [0.1, 0.15) is 10.0 Å². The summed E-state index contributed by atoms with van der Waals surface area (Å²) in [5.41, 5.74) is 11.2. The highest BCUT2D eigenvalue weighted by Gasteiger charge is 2.18. The Hall–Kier alpha value is -6.67. The van der Waals surface area contributed by atoms with E-state index in [-0.39, 0.29) is 0 Å². The third-order valence-corrected chi connectivity index (χ3v) is 11.6. The number of benzene rings is 7. The van der Waals surface area contributed by atoms with Crippen LogP contribution in [0.3, 0.4) is 0 Å². The van der Waals surface area contributed by atoms with Crippen LogP contribution in [0.1, 0.15) is 0 Å². The van der Waals surface area contributed by atoms with E-state index in [1.54, 1.807) is 22.7 Å². The second-order valence-corrected chi connectivity index (χ2v) is 15.0. The van der Waals surface area contributed by atoms with Gasteiger partial charge in [-0.15, -0.1) is 22.7 Å². The van der Waals surface area contributed by atoms with Crippen LogP contribution in [0.4, 0.5) is 0 Å². The minimum Gasteiger partial charge on any atom is -0.236 e. The van der Waals surface area contributed by atoms with Crippen LogP contribution in [0.25, 0.3) is 98.0 Å². The van der Waals surface area contributed by atoms with Crippen molar-refractivity contribution < 1.29 is 0 Å². The van der Waals surface area contributed by atoms with E-state index in [2.05, 4.69) is 152 Å². The third kappa shape index (κ3) is 6.26. The fourth-order valence-corrected chi connectivity index (χ4v) is 8.55. The Morgan fingerprint density at radius 3 is 1.02 bits per heavy atom. The molecule has 7 aromatic carbocycles. The summed E-state index contributed by atoms with van der Waals surface area (Å²) < 4.78 is 2.28. The average Bonchev–Trinajstić information content (AvgIpc) is 3.90. The molecule has 0 atom stereocenters. The Morgan fingerprint density at radius 1 is 0.259 bits per heavy atom. The summed E-state index contributed by atoms with van der Waals surface area (Å²) in [6.07, 6.45) is 0. The van der Waals surface area contributed by atoms with Crippen LogP contribution in [-0.2, 0) is 0 Å². The normalized spacial score (nSPS) is 11.3. The summed E-state index contributed by atoms with van der Waals surface area (Å²) in [5.74, 6) is 1.79. The van der Waals surface area contributed by atoms with E-state index < -0.39 is 0 Å². The zero-order valence-electron chi connectivity index (χ0n) is 28.8. The maximum atomic E-state index is 5.17. The van der Waals surface area contributed by atoms with Crippen LogP contribution in [-0.4, -0.2) is 24.9 Å². The molecule has 0 aliphatic rings. The van der Waals surface area contributed by atoms with Crippen molar-refractivity contribution in [2.24, 2.45) is 0 Å². The number of rotatable bonds is 7. The number of hydrogen-bond acceptors (Lipinski definition) is 7. The molecule has 3 aromatic heterocycles. The Kier molecular flexibility index (Phi) is 8.13. The van der Waals surface area contributed by atoms with Crippen molar-refractivity contribution in [1.29, 1.82) is 0 Å². The van der Waals surface area contributed by atoms with Gasteiger partial charge in [0.15, 0.2) is 17.5 Å². The maximum Gasteiger partial charge on any atom is 0.164 e. The molecule has 5 nitrogen and oxygen atoms in total. The summed E-state index contributed by atoms with van der Waals surface area (Å²) in [5, 5.41) is 1.87. The molecule has 0 aliphatic carbocycles. The molecular weight excluding hydrogens is 699 g/mol. The molecule has 0 aliphatic heterocycles. The SMILES string of the molecule is c1ccc(-c2ccc(-c3nc(-c4ccc(-c5ccccc5)cc4)nc(-c4cc(-c5nc6ccccc6s5)cc(-c5nc6ccccc6s5)c4)n3)cc2)cc1. The highest BCUT2D eigenvalue weighted by atomic mass is 32.1. The molecule has 0 bridgehead atoms. The molecule has 10 rings (SSSR count). The molecule has 54 heavy (non-hydrogen) atoms. The first-order valence-electron chi connectivity index (χ1n) is 17.7. The second-order valence-electron chi connectivity index (χ2n) is 13.0. The maximum absolute atomic E-state index is 5.17. The first-order valence-corrected chi connectivity index (χ1v) is 19.3. The molecule has 254 valence electrons. The molecule has 0 radical (unpaired) electrons. The van der Waals surface area contributed by atoms with Crippen molar-refractivity contribution >= 4 is 43.1 Å². The summed E-state index contributed by atoms with van der Waals surface area (Å²) in [4.78, 5) is 25.5. The minimum absolute atomic E-state index is 0.583. The summed E-state index contributed by atoms with van der Waals surface area (Å²) >= 11 is 3.36. The van der Waals surface area contributed by atoms with Crippen molar-refractivity contribution in [3.8, 4) is 77.6 Å². The summed E-state index contributed by atoms with van der Waals surface area (Å²) in [6.45, 7) is 0. The summed E-state index contributed by atoms with van der Waals surface area (Å²) in [7, 11) is 0. The topological polar surface area (TPSA) is 64.5 Å². The fraction of sp³-hybridized carbons (Fsp3) is 0. The lowest BCUT2D eigenvalue weighted by molar-refractivity contribution is 1.07. The van der Waals surface area contributed by atoms with Gasteiger partial charge in [-0.2, -0.15) is 0 Å². The van der Waals surface area contributed by atoms with Crippen molar-refractivity contribution in [1.82, 2.24) is 24.9 Å². The van der Waals surface area contributed by atoms with Crippen LogP contribution >= 0.6 is 22.7 Å². The number of thiazole rings is 2. The van der Waals surface area contributed by atoms with E-state index in [4.69, 9.17) is 24.9 Å². The van der Waals surface area contributed by atoms with Crippen molar-refractivity contribution in [3.63, 3.8) is 0 Å². The smallest absolute Gasteiger partial charge is 0.164 e. The molecule has 0 fully saturated rings. The monoisotopic (exact) mass is 727 g/mol. The predicted molar refractivity (Wildman–Crippen MR) is 224 cm³/mol. The van der Waals surface area contributed by atoms with Gasteiger partial charge in [-0.3, -0.25) is 0 Å². The average molecular weight is 728 g/mol. The Morgan fingerprint density at radius 2 is 0.593 bits per heavy atom. The number of para-hydroxylation sites is 2. The Labute approximate surface area is 320 Å². The number of hydrogen-bond donors (Lipinski definition) is 0. The van der Waals surface area contributed by atoms with Crippen LogP contribution in [0, 0.1) is 0 Å². The van der Waals surface area contributed by atoms with Crippen molar-refractivity contribution in [2.45, 2.75) is 0 Å². The highest BCUT2D eigenvalue weighted by molar-refractivity contribution is 7.22. The fourth-order valence-electron chi connectivity index (χ4n) is 6.64. The third-order valence-electron chi connectivity index (χ3n) is 9.41. The number of nitrogens with zero attached hydrogens (tertiary/aromatic N) is 5. The quantitative estimate of drug-likeness (QED) is 0.164. The van der Waals surface area contributed by atoms with E-state index in [1.807, 2.05) is 24.3 Å². The molecule has 0 saturated heterocycles. The van der Waals surface area contributed by atoms with Gasteiger partial charge in [0, 0.05) is 27.8 Å². The van der Waals surface area contributed by atoms with Gasteiger partial charge in [-0.1, -0.05) is 133 Å². The zero-order valence-corrected chi connectivity index (χ0v) is 30.4. The second kappa shape index (κ2) is 13.7. The van der Waals surface area contributed by atoms with Gasteiger partial charge >= 0.3 is 0 Å². The molecule has 10 aromatic rings. The molecular formula is C47H29N5S2. The van der Waals surface area contributed by atoms with E-state index in [1.165, 1.54) is 0 Å². The van der Waals surface area contributed by atoms with Gasteiger partial charge in [-0.05, 0) is 64.7 Å². The van der Waals surface area contributed by atoms with Crippen LogP contribution < -0.4 is 0 Å². The predicted octanol–water partition coefficient (Wildman–Crippen LogP) is 12.8. The molecule has 0 N–H and O–H groups in total. The van der Waals surface area contributed by atoms with E-state index in [9.17, 15) is 0 Å². The van der Waals surface area contributed by atoms with Crippen LogP contribution in [0.2, 0.25) is 0 Å². The molecule has 3 heterocycles. The van der Waals surface area contributed by atoms with E-state index in [0.717, 1.165) is 80.5 Å². The molecule has 0 saturated carbocycles. The Bertz CT molecular complexity index is 2660. The lowest BCUT2D eigenvalue weighted by atomic mass is 10.0. The number of aromatic nitrogens is 5. The largest absolute Gasteiger partial charge is 0.236 e. The standard InChI is InChI=1S/C47H29N5S2/c1-3-11-30(12-4-1)32-19-23-34(24-20-32)43-50-44(35-25-21-33(22-26-35)31-13-5-2-6-14-31)52-45(51-43)36-27-37(46-48-39-15-7-9-17-41(39)53-46)29-38(28-36)47-49-40-16-8-10-18-42(40)54-47/h1-29H. The van der Waals surface area contributed by atoms with Gasteiger partial charge in [0.25, 0.3) is 0 Å². The van der Waals surface area contributed by atoms with E-state index >= 15 is 0 Å². The van der Waals surface area contributed by atoms with Crippen molar-refractivity contribution in [2.75, 3.05) is 0 Å². The molecule has 0 amide bonds. The first kappa shape index (κ1) is 32.0. The van der Waals surface area contributed by atoms with Gasteiger partial charge in [0.05, 0.1) is 20.4 Å². The lowest BCUT2D eigenvalue weighted by Crippen LogP contribution is -2.00. The molecule has 0 unspecified atom stereocenters. The Balaban J connectivity index is 1.14. The van der Waals surface area contributed by atoms with Gasteiger partial charge in [0.2, 0.25) is 0 Å². The van der Waals surface area contributed by atoms with Gasteiger partial charge in [-0.25, -0.2) is 24.9 Å². The summed E-state index contributed by atoms with van der Waals surface area (Å²) in [6, 6.07) is 60.7. The number of fused-ring (bicyclic) bond motifs is 2. The minimum atomic E-state index is 0.583. The highest BCUT2D eigenvalue weighted by Crippen LogP contribution is 2.39. The van der Waals surface area contributed by atoms with E-state index in [0.29, 0.717) is 17.5 Å². The lowest BCUT2D eigenvalue weighted by Gasteiger charge is -2.11. The zero-order chi connectivity index (χ0) is 35.8. The van der Waals surface area contributed by atoms with Crippen molar-refractivity contribution in [3.05, 3.63) is 176 Å². The molecule has 0 spiro atoms.